The highest BCUT2D eigenvalue weighted by Crippen LogP contribution is 2.40. The van der Waals surface area contributed by atoms with E-state index < -0.39 is 5.82 Å². The van der Waals surface area contributed by atoms with Gasteiger partial charge in [-0.15, -0.1) is 0 Å². The van der Waals surface area contributed by atoms with E-state index in [0.717, 1.165) is 24.8 Å². The predicted molar refractivity (Wildman–Crippen MR) is 80.6 cm³/mol. The maximum atomic E-state index is 13.6. The number of nitrogens with one attached hydrogen (secondary N) is 1. The van der Waals surface area contributed by atoms with Crippen LogP contribution < -0.4 is 5.32 Å². The minimum Gasteiger partial charge on any atom is -0.396 e. The highest BCUT2D eigenvalue weighted by molar-refractivity contribution is 5.92. The standard InChI is InChI=1S/C16H23FN2O2/c1-12-4-5-13(17)14(8-12)18-15(21)9-19(2)10-16(11-20)6-3-7-16/h4-5,8,20H,3,6-7,9-11H2,1-2H3,(H,18,21). The summed E-state index contributed by atoms with van der Waals surface area (Å²) in [5.41, 5.74) is 1.06. The molecule has 1 aliphatic carbocycles. The van der Waals surface area contributed by atoms with Crippen molar-refractivity contribution in [3.05, 3.63) is 29.6 Å². The normalized spacial score (nSPS) is 16.6. The van der Waals surface area contributed by atoms with E-state index in [1.807, 2.05) is 18.9 Å². The number of aliphatic hydroxyl groups excluding tert-OH is 1. The lowest BCUT2D eigenvalue weighted by Gasteiger charge is -2.42. The molecule has 1 aromatic rings. The zero-order valence-electron chi connectivity index (χ0n) is 12.7. The number of nitrogens with zero attached hydrogens (tertiary/aromatic N) is 1. The lowest BCUT2D eigenvalue weighted by atomic mass is 9.69. The second-order valence-corrected chi connectivity index (χ2v) is 6.22. The SMILES string of the molecule is Cc1ccc(F)c(NC(=O)CN(C)CC2(CO)CCC2)c1. The number of aryl methyl sites for hydroxylation is 1. The van der Waals surface area contributed by atoms with E-state index in [0.29, 0.717) is 6.54 Å². The van der Waals surface area contributed by atoms with Crippen LogP contribution in [0.2, 0.25) is 0 Å². The number of rotatable bonds is 6. The lowest BCUT2D eigenvalue weighted by molar-refractivity contribution is -0.117. The van der Waals surface area contributed by atoms with E-state index in [2.05, 4.69) is 5.32 Å². The molecule has 1 amide bonds. The highest BCUT2D eigenvalue weighted by atomic mass is 19.1. The molecule has 116 valence electrons. The molecule has 0 saturated heterocycles. The van der Waals surface area contributed by atoms with Crippen LogP contribution in [0.15, 0.2) is 18.2 Å². The molecular weight excluding hydrogens is 271 g/mol. The lowest BCUT2D eigenvalue weighted by Crippen LogP contribution is -2.45. The van der Waals surface area contributed by atoms with Crippen molar-refractivity contribution in [3.63, 3.8) is 0 Å². The number of carbonyl (C=O) groups excluding carboxylic acids is 1. The molecular formula is C16H23FN2O2. The van der Waals surface area contributed by atoms with Gasteiger partial charge in [0.05, 0.1) is 12.2 Å². The van der Waals surface area contributed by atoms with Gasteiger partial charge in [0.15, 0.2) is 0 Å². The largest absolute Gasteiger partial charge is 0.396 e. The number of halogens is 1. The third kappa shape index (κ3) is 4.02. The van der Waals surface area contributed by atoms with Crippen molar-refractivity contribution in [3.8, 4) is 0 Å². The zero-order chi connectivity index (χ0) is 15.5. The van der Waals surface area contributed by atoms with Crippen molar-refractivity contribution in [1.29, 1.82) is 0 Å². The van der Waals surface area contributed by atoms with E-state index in [1.54, 1.807) is 12.1 Å². The summed E-state index contributed by atoms with van der Waals surface area (Å²) >= 11 is 0. The molecule has 2 rings (SSSR count). The van der Waals surface area contributed by atoms with Crippen LogP contribution >= 0.6 is 0 Å². The molecule has 5 heteroatoms. The number of aliphatic hydroxyl groups is 1. The van der Waals surface area contributed by atoms with Gasteiger partial charge >= 0.3 is 0 Å². The van der Waals surface area contributed by atoms with Crippen molar-refractivity contribution < 1.29 is 14.3 Å². The van der Waals surface area contributed by atoms with Gasteiger partial charge in [-0.3, -0.25) is 9.69 Å². The molecule has 0 aliphatic heterocycles. The van der Waals surface area contributed by atoms with Gasteiger partial charge in [0.25, 0.3) is 0 Å². The molecule has 0 aromatic heterocycles. The summed E-state index contributed by atoms with van der Waals surface area (Å²) in [7, 11) is 1.85. The molecule has 0 spiro atoms. The summed E-state index contributed by atoms with van der Waals surface area (Å²) in [5, 5.41) is 12.0. The Bertz CT molecular complexity index is 509. The Balaban J connectivity index is 1.88. The number of hydrogen-bond acceptors (Lipinski definition) is 3. The van der Waals surface area contributed by atoms with Crippen molar-refractivity contribution >= 4 is 11.6 Å². The fourth-order valence-electron chi connectivity index (χ4n) is 2.84. The Labute approximate surface area is 125 Å². The van der Waals surface area contributed by atoms with Gasteiger partial charge in [-0.2, -0.15) is 0 Å². The zero-order valence-corrected chi connectivity index (χ0v) is 12.7. The summed E-state index contributed by atoms with van der Waals surface area (Å²) < 4.78 is 13.6. The highest BCUT2D eigenvalue weighted by Gasteiger charge is 2.37. The van der Waals surface area contributed by atoms with Crippen LogP contribution in [-0.2, 0) is 4.79 Å². The Morgan fingerprint density at radius 1 is 1.48 bits per heavy atom. The second kappa shape index (κ2) is 6.54. The van der Waals surface area contributed by atoms with E-state index in [9.17, 15) is 14.3 Å². The topological polar surface area (TPSA) is 52.6 Å². The second-order valence-electron chi connectivity index (χ2n) is 6.22. The Morgan fingerprint density at radius 2 is 2.19 bits per heavy atom. The van der Waals surface area contributed by atoms with E-state index in [-0.39, 0.29) is 30.2 Å². The van der Waals surface area contributed by atoms with E-state index in [1.165, 1.54) is 6.07 Å². The fourth-order valence-corrected chi connectivity index (χ4v) is 2.84. The molecule has 0 unspecified atom stereocenters. The van der Waals surface area contributed by atoms with Crippen molar-refractivity contribution in [2.24, 2.45) is 5.41 Å². The van der Waals surface area contributed by atoms with Gasteiger partial charge in [-0.25, -0.2) is 4.39 Å². The van der Waals surface area contributed by atoms with Gasteiger partial charge < -0.3 is 10.4 Å². The molecule has 0 atom stereocenters. The molecule has 0 heterocycles. The molecule has 1 aliphatic rings. The first-order valence-electron chi connectivity index (χ1n) is 7.29. The average Bonchev–Trinajstić information content (AvgIpc) is 2.38. The number of carbonyl (C=O) groups is 1. The molecule has 1 aromatic carbocycles. The van der Waals surface area contributed by atoms with Crippen LogP contribution in [0.1, 0.15) is 24.8 Å². The Hall–Kier alpha value is -1.46. The summed E-state index contributed by atoms with van der Waals surface area (Å²) in [5.74, 6) is -0.670. The summed E-state index contributed by atoms with van der Waals surface area (Å²) in [6.45, 7) is 2.89. The smallest absolute Gasteiger partial charge is 0.238 e. The molecule has 21 heavy (non-hydrogen) atoms. The van der Waals surface area contributed by atoms with E-state index >= 15 is 0 Å². The van der Waals surface area contributed by atoms with Gasteiger partial charge in [0.1, 0.15) is 5.82 Å². The number of likely N-dealkylation sites (N-methyl/N-ethyl adjacent to an activating group) is 1. The van der Waals surface area contributed by atoms with Crippen LogP contribution in [0.25, 0.3) is 0 Å². The van der Waals surface area contributed by atoms with Crippen LogP contribution in [0, 0.1) is 18.2 Å². The first kappa shape index (κ1) is 15.9. The third-order valence-electron chi connectivity index (χ3n) is 4.16. The first-order chi connectivity index (χ1) is 9.94. The minimum atomic E-state index is -0.428. The summed E-state index contributed by atoms with van der Waals surface area (Å²) in [6, 6.07) is 4.64. The number of amides is 1. The Morgan fingerprint density at radius 3 is 2.76 bits per heavy atom. The number of anilines is 1. The van der Waals surface area contributed by atoms with Crippen molar-refractivity contribution in [2.45, 2.75) is 26.2 Å². The van der Waals surface area contributed by atoms with Crippen LogP contribution in [-0.4, -0.2) is 42.7 Å². The average molecular weight is 294 g/mol. The molecule has 4 nitrogen and oxygen atoms in total. The molecule has 1 fully saturated rings. The molecule has 1 saturated carbocycles. The van der Waals surface area contributed by atoms with E-state index in [4.69, 9.17) is 0 Å². The van der Waals surface area contributed by atoms with Crippen molar-refractivity contribution in [2.75, 3.05) is 32.1 Å². The van der Waals surface area contributed by atoms with Gasteiger partial charge in [-0.05, 0) is 44.5 Å². The molecule has 0 radical (unpaired) electrons. The maximum absolute atomic E-state index is 13.6. The van der Waals surface area contributed by atoms with Crippen LogP contribution in [0.5, 0.6) is 0 Å². The predicted octanol–water partition coefficient (Wildman–Crippen LogP) is 2.17. The Kier molecular flexibility index (Phi) is 4.96. The van der Waals surface area contributed by atoms with Gasteiger partial charge in [0, 0.05) is 18.6 Å². The number of benzene rings is 1. The van der Waals surface area contributed by atoms with Gasteiger partial charge in [-0.1, -0.05) is 12.5 Å². The first-order valence-corrected chi connectivity index (χ1v) is 7.29. The molecule has 2 N–H and O–H groups in total. The van der Waals surface area contributed by atoms with Crippen LogP contribution in [0.3, 0.4) is 0 Å². The summed E-state index contributed by atoms with van der Waals surface area (Å²) in [4.78, 5) is 13.9. The quantitative estimate of drug-likeness (QED) is 0.845. The molecule has 0 bridgehead atoms. The summed E-state index contributed by atoms with van der Waals surface area (Å²) in [6.07, 6.45) is 3.14. The monoisotopic (exact) mass is 294 g/mol. The van der Waals surface area contributed by atoms with Crippen LogP contribution in [0.4, 0.5) is 10.1 Å². The third-order valence-corrected chi connectivity index (χ3v) is 4.16. The minimum absolute atomic E-state index is 0.0520. The van der Waals surface area contributed by atoms with Crippen molar-refractivity contribution in [1.82, 2.24) is 4.90 Å². The maximum Gasteiger partial charge on any atom is 0.238 e. The van der Waals surface area contributed by atoms with Gasteiger partial charge in [0.2, 0.25) is 5.91 Å². The fraction of sp³-hybridized carbons (Fsp3) is 0.562. The number of hydrogen-bond donors (Lipinski definition) is 2.